The maximum atomic E-state index is 11.5. The number of allylic oxidation sites excluding steroid dienone is 1. The molecular weight excluding hydrogens is 425 g/mol. The van der Waals surface area contributed by atoms with Crippen LogP contribution in [0.15, 0.2) is 17.9 Å². The monoisotopic (exact) mass is 448 g/mol. The van der Waals surface area contributed by atoms with Gasteiger partial charge >= 0.3 is 7.82 Å². The molecule has 0 heterocycles. The zero-order valence-electron chi connectivity index (χ0n) is 18.1. The zero-order chi connectivity index (χ0) is 23.9. The predicted molar refractivity (Wildman–Crippen MR) is 121 cm³/mol. The Balaban J connectivity index is 4.17. The van der Waals surface area contributed by atoms with Gasteiger partial charge in [0.05, 0.1) is 6.61 Å². The highest BCUT2D eigenvalue weighted by atomic mass is 31.2. The number of phosphoric ester groups is 1. The van der Waals surface area contributed by atoms with Gasteiger partial charge < -0.3 is 19.3 Å². The summed E-state index contributed by atoms with van der Waals surface area (Å²) in [5, 5.41) is 2.68. The van der Waals surface area contributed by atoms with Gasteiger partial charge in [0.1, 0.15) is 6.11 Å². The first-order valence-electron chi connectivity index (χ1n) is 9.69. The summed E-state index contributed by atoms with van der Waals surface area (Å²) in [6.45, 7) is 7.51. The summed E-state index contributed by atoms with van der Waals surface area (Å²) in [4.78, 5) is 22.2. The molecule has 7 heteroatoms. The number of rotatable bonds is 10. The molecule has 1 atom stereocenters. The number of carbonyl (C=O) groups is 1. The van der Waals surface area contributed by atoms with Gasteiger partial charge in [-0.15, -0.1) is 5.73 Å². The van der Waals surface area contributed by atoms with Crippen LogP contribution in [0.3, 0.4) is 0 Å². The van der Waals surface area contributed by atoms with E-state index in [1.807, 2.05) is 13.0 Å². The maximum absolute atomic E-state index is 11.5. The Morgan fingerprint density at radius 2 is 1.50 bits per heavy atom. The van der Waals surface area contributed by atoms with Gasteiger partial charge in [0.2, 0.25) is 5.91 Å². The Kier molecular flexibility index (Phi) is 17.0. The van der Waals surface area contributed by atoms with Gasteiger partial charge in [0.25, 0.3) is 0 Å². The summed E-state index contributed by atoms with van der Waals surface area (Å²) in [5.74, 6) is 27.1. The average molecular weight is 448 g/mol. The number of nitrogens with one attached hydrogen (secondary N) is 1. The minimum absolute atomic E-state index is 0.00236. The van der Waals surface area contributed by atoms with Gasteiger partial charge in [-0.1, -0.05) is 26.3 Å². The van der Waals surface area contributed by atoms with Gasteiger partial charge in [-0.05, 0) is 54.8 Å². The molecule has 0 saturated heterocycles. The van der Waals surface area contributed by atoms with Gasteiger partial charge in [-0.25, -0.2) is 0 Å². The number of phosphoric acid groups is 1. The van der Waals surface area contributed by atoms with E-state index in [0.717, 1.165) is 31.3 Å². The normalized spacial score (nSPS) is 9.72. The second kappa shape index (κ2) is 19.3. The van der Waals surface area contributed by atoms with Crippen molar-refractivity contribution in [2.45, 2.75) is 46.0 Å². The van der Waals surface area contributed by atoms with Gasteiger partial charge in [-0.2, -0.15) is 0 Å². The summed E-state index contributed by atoms with van der Waals surface area (Å²) in [5.41, 5.74) is 3.48. The summed E-state index contributed by atoms with van der Waals surface area (Å²) in [7, 11) is -4.50. The van der Waals surface area contributed by atoms with Crippen LogP contribution in [-0.4, -0.2) is 19.1 Å². The van der Waals surface area contributed by atoms with Crippen molar-refractivity contribution in [3.63, 3.8) is 0 Å². The minimum Gasteiger partial charge on any atom is -0.746 e. The molecule has 0 rings (SSSR count). The van der Waals surface area contributed by atoms with Crippen LogP contribution < -0.4 is 10.2 Å². The van der Waals surface area contributed by atoms with E-state index in [-0.39, 0.29) is 12.5 Å². The molecule has 1 unspecified atom stereocenters. The van der Waals surface area contributed by atoms with Crippen molar-refractivity contribution in [1.82, 2.24) is 5.32 Å². The van der Waals surface area contributed by atoms with Crippen molar-refractivity contribution >= 4 is 13.7 Å². The Morgan fingerprint density at radius 1 is 0.938 bits per heavy atom. The van der Waals surface area contributed by atoms with E-state index in [1.165, 1.54) is 6.92 Å². The molecule has 0 aliphatic heterocycles. The molecule has 164 valence electrons. The third-order valence-electron chi connectivity index (χ3n) is 3.25. The van der Waals surface area contributed by atoms with Crippen molar-refractivity contribution in [2.24, 2.45) is 0 Å². The molecule has 0 saturated carbocycles. The first kappa shape index (κ1) is 28.3. The fourth-order valence-electron chi connectivity index (χ4n) is 1.77. The predicted octanol–water partition coefficient (Wildman–Crippen LogP) is 2.28. The smallest absolute Gasteiger partial charge is 0.328 e. The first-order chi connectivity index (χ1) is 15.4. The fraction of sp³-hybridized carbons (Fsp3) is 0.360. The number of hydrogen-bond donors (Lipinski definition) is 1. The van der Waals surface area contributed by atoms with Crippen LogP contribution in [0.1, 0.15) is 46.0 Å². The van der Waals surface area contributed by atoms with Crippen molar-refractivity contribution < 1.29 is 23.3 Å². The highest BCUT2D eigenvalue weighted by Gasteiger charge is 2.07. The average Bonchev–Trinajstić information content (AvgIpc) is 2.75. The molecule has 0 fully saturated rings. The van der Waals surface area contributed by atoms with Crippen molar-refractivity contribution in [3.8, 4) is 71.2 Å². The topological polar surface area (TPSA) is 87.7 Å². The minimum atomic E-state index is -4.50. The number of unbranched alkanes of at least 4 members (excludes halogenated alkanes) is 3. The molecule has 0 aliphatic carbocycles. The lowest BCUT2D eigenvalue weighted by Crippen LogP contribution is -2.20. The second-order valence-electron chi connectivity index (χ2n) is 5.75. The van der Waals surface area contributed by atoms with Crippen LogP contribution in [-0.2, 0) is 18.4 Å². The van der Waals surface area contributed by atoms with E-state index < -0.39 is 7.82 Å². The lowest BCUT2D eigenvalue weighted by atomic mass is 10.2. The van der Waals surface area contributed by atoms with E-state index >= 15 is 0 Å². The molecule has 1 amide bonds. The van der Waals surface area contributed by atoms with Crippen LogP contribution in [0.5, 0.6) is 0 Å². The van der Waals surface area contributed by atoms with Crippen LogP contribution in [0, 0.1) is 71.2 Å². The van der Waals surface area contributed by atoms with Crippen LogP contribution in [0.4, 0.5) is 0 Å². The molecule has 0 aromatic rings. The fourth-order valence-corrected chi connectivity index (χ4v) is 2.33. The van der Waals surface area contributed by atoms with E-state index in [1.54, 1.807) is 0 Å². The molecule has 6 nitrogen and oxygen atoms in total. The number of carbonyl (C=O) groups excluding carboxylic acids is 1. The Bertz CT molecular complexity index is 1110. The molecule has 0 aliphatic rings. The molecule has 0 radical (unpaired) electrons. The van der Waals surface area contributed by atoms with Crippen LogP contribution in [0.25, 0.3) is 0 Å². The number of hydrogen-bond acceptors (Lipinski definition) is 5. The Morgan fingerprint density at radius 3 is 2.06 bits per heavy atom. The van der Waals surface area contributed by atoms with E-state index in [4.69, 9.17) is 0 Å². The molecule has 0 bridgehead atoms. The van der Waals surface area contributed by atoms with Gasteiger partial charge in [-0.3, -0.25) is 9.36 Å². The van der Waals surface area contributed by atoms with Gasteiger partial charge in [0, 0.05) is 48.6 Å². The summed E-state index contributed by atoms with van der Waals surface area (Å²) in [6.07, 6.45) is 5.65. The van der Waals surface area contributed by atoms with Crippen molar-refractivity contribution in [2.75, 3.05) is 13.2 Å². The molecule has 0 spiro atoms. The summed E-state index contributed by atoms with van der Waals surface area (Å²) < 4.78 is 20.5. The standard InChI is InChI=1S/C25H24NO5P/c1-4-25(5-2)20-16-12-10-8-6-7-9-11-14-18-22-30-32(28,29)31-23-19-15-13-17-21-26-24(3)27/h1,5,13,15,17,19,21,23H2,2-3H3,(H,26,27)(H,28,29)/p-1. The molecule has 0 aromatic heterocycles. The summed E-state index contributed by atoms with van der Waals surface area (Å²) in [6, 6.07) is 0. The largest absolute Gasteiger partial charge is 0.746 e. The third kappa shape index (κ3) is 19.6. The van der Waals surface area contributed by atoms with Gasteiger partial charge in [0.15, 0.2) is 0 Å². The van der Waals surface area contributed by atoms with Crippen molar-refractivity contribution in [1.29, 1.82) is 0 Å². The zero-order valence-corrected chi connectivity index (χ0v) is 19.0. The highest BCUT2D eigenvalue weighted by molar-refractivity contribution is 7.46. The van der Waals surface area contributed by atoms with E-state index in [9.17, 15) is 14.3 Å². The molecular formula is C25H23NO5P-. The van der Waals surface area contributed by atoms with E-state index in [0.29, 0.717) is 13.0 Å². The lowest BCUT2D eigenvalue weighted by molar-refractivity contribution is -0.219. The molecule has 1 N–H and O–H groups in total. The second-order valence-corrected chi connectivity index (χ2v) is 7.09. The summed E-state index contributed by atoms with van der Waals surface area (Å²) >= 11 is 0. The van der Waals surface area contributed by atoms with Crippen molar-refractivity contribution in [3.05, 3.63) is 17.9 Å². The third-order valence-corrected chi connectivity index (χ3v) is 4.06. The van der Waals surface area contributed by atoms with E-state index in [2.05, 4.69) is 91.8 Å². The quantitative estimate of drug-likeness (QED) is 0.240. The number of amides is 1. The van der Waals surface area contributed by atoms with Crippen LogP contribution >= 0.6 is 7.82 Å². The maximum Gasteiger partial charge on any atom is 0.328 e. The Hall–Kier alpha value is -3.70. The van der Waals surface area contributed by atoms with Crippen LogP contribution in [0.2, 0.25) is 0 Å². The lowest BCUT2D eigenvalue weighted by Gasteiger charge is -2.18. The molecule has 32 heavy (non-hydrogen) atoms. The SMILES string of the molecule is C=C=C(C#CC#CC#CC#CC#CC#COP(=O)([O-])OCCCCCCNC(C)=O)CC. The first-order valence-corrected chi connectivity index (χ1v) is 11.2. The highest BCUT2D eigenvalue weighted by Crippen LogP contribution is 2.37. The Labute approximate surface area is 190 Å². The molecule has 0 aromatic carbocycles.